The molecule has 0 atom stereocenters. The first-order valence-electron chi connectivity index (χ1n) is 5.17. The van der Waals surface area contributed by atoms with Gasteiger partial charge in [-0.3, -0.25) is 4.79 Å². The van der Waals surface area contributed by atoms with Crippen LogP contribution in [-0.4, -0.2) is 19.4 Å². The Labute approximate surface area is 96.4 Å². The van der Waals surface area contributed by atoms with Crippen LogP contribution in [0.1, 0.15) is 5.56 Å². The second-order valence-corrected chi connectivity index (χ2v) is 9.59. The average Bonchev–Trinajstić information content (AvgIpc) is 2.25. The molecule has 0 amide bonds. The molecule has 0 saturated carbocycles. The van der Waals surface area contributed by atoms with Crippen molar-refractivity contribution < 1.29 is 14.3 Å². The Morgan fingerprint density at radius 1 is 1.12 bits per heavy atom. The van der Waals surface area contributed by atoms with Crippen molar-refractivity contribution in [2.45, 2.75) is 26.2 Å². The van der Waals surface area contributed by atoms with E-state index in [9.17, 15) is 9.59 Å². The molecule has 0 heterocycles. The first kappa shape index (κ1) is 12.6. The highest BCUT2D eigenvalue weighted by Crippen LogP contribution is 2.06. The predicted octanol–water partition coefficient (Wildman–Crippen LogP) is 2.18. The van der Waals surface area contributed by atoms with E-state index >= 15 is 0 Å². The van der Waals surface area contributed by atoms with Crippen LogP contribution < -0.4 is 0 Å². The summed E-state index contributed by atoms with van der Waals surface area (Å²) in [5, 5.41) is -0.358. The van der Waals surface area contributed by atoms with Gasteiger partial charge in [0.1, 0.15) is 14.7 Å². The first-order valence-corrected chi connectivity index (χ1v) is 8.67. The van der Waals surface area contributed by atoms with Gasteiger partial charge in [-0.15, -0.1) is 0 Å². The fourth-order valence-electron chi connectivity index (χ4n) is 1.09. The van der Waals surface area contributed by atoms with Crippen LogP contribution in [0.25, 0.3) is 0 Å². The number of rotatable bonds is 4. The number of carbonyl (C=O) groups is 2. The summed E-state index contributed by atoms with van der Waals surface area (Å²) in [6, 6.07) is 9.32. The molecule has 0 radical (unpaired) electrons. The molecule has 0 aliphatic heterocycles. The third-order valence-corrected chi connectivity index (χ3v) is 3.65. The molecule has 0 aliphatic rings. The first-order chi connectivity index (χ1) is 7.41. The zero-order chi connectivity index (χ0) is 12.2. The normalized spacial score (nSPS) is 10.9. The van der Waals surface area contributed by atoms with Gasteiger partial charge in [-0.2, -0.15) is 0 Å². The summed E-state index contributed by atoms with van der Waals surface area (Å²) in [5.41, 5.74) is 0.888. The summed E-state index contributed by atoms with van der Waals surface area (Å²) in [6.45, 7) is 5.66. The van der Waals surface area contributed by atoms with Crippen molar-refractivity contribution in [1.29, 1.82) is 0 Å². The molecule has 1 rings (SSSR count). The summed E-state index contributed by atoms with van der Waals surface area (Å²) in [4.78, 5) is 23.0. The quantitative estimate of drug-likeness (QED) is 0.457. The highest BCUT2D eigenvalue weighted by Gasteiger charge is 2.31. The van der Waals surface area contributed by atoms with E-state index in [-0.39, 0.29) is 12.0 Å². The molecular formula is C12H16O3Si. The molecule has 0 unspecified atom stereocenters. The van der Waals surface area contributed by atoms with Gasteiger partial charge >= 0.3 is 5.97 Å². The van der Waals surface area contributed by atoms with E-state index in [1.54, 1.807) is 0 Å². The second kappa shape index (κ2) is 5.07. The molecule has 0 aromatic heterocycles. The maximum absolute atomic E-state index is 11.6. The number of esters is 1. The fourth-order valence-corrected chi connectivity index (χ4v) is 1.78. The van der Waals surface area contributed by atoms with E-state index in [2.05, 4.69) is 0 Å². The van der Waals surface area contributed by atoms with Crippen LogP contribution in [0.5, 0.6) is 0 Å². The molecule has 0 saturated heterocycles. The van der Waals surface area contributed by atoms with Crippen LogP contribution in [0.4, 0.5) is 0 Å². The Morgan fingerprint density at radius 3 is 2.19 bits per heavy atom. The lowest BCUT2D eigenvalue weighted by Gasteiger charge is -2.12. The Bertz CT molecular complexity index is 379. The van der Waals surface area contributed by atoms with Crippen molar-refractivity contribution >= 4 is 19.4 Å². The molecule has 86 valence electrons. The monoisotopic (exact) mass is 236 g/mol. The summed E-state index contributed by atoms with van der Waals surface area (Å²) in [7, 11) is -2.08. The molecule has 0 bridgehead atoms. The van der Waals surface area contributed by atoms with Gasteiger partial charge in [0.25, 0.3) is 0 Å². The molecular weight excluding hydrogens is 220 g/mol. The van der Waals surface area contributed by atoms with Gasteiger partial charge in [-0.25, -0.2) is 4.79 Å². The minimum absolute atomic E-state index is 0.163. The molecule has 1 aromatic rings. The molecule has 0 spiro atoms. The smallest absolute Gasteiger partial charge is 0.369 e. The Balaban J connectivity index is 2.51. The molecule has 1 aromatic carbocycles. The molecule has 3 nitrogen and oxygen atoms in total. The highest BCUT2D eigenvalue weighted by atomic mass is 28.3. The van der Waals surface area contributed by atoms with Gasteiger partial charge in [0.05, 0.1) is 0 Å². The molecule has 4 heteroatoms. The lowest BCUT2D eigenvalue weighted by atomic mass is 10.2. The van der Waals surface area contributed by atoms with Crippen LogP contribution in [0.3, 0.4) is 0 Å². The summed E-state index contributed by atoms with van der Waals surface area (Å²) < 4.78 is 4.96. The van der Waals surface area contributed by atoms with Crippen LogP contribution in [0.15, 0.2) is 30.3 Å². The van der Waals surface area contributed by atoms with E-state index in [0.717, 1.165) is 5.56 Å². The number of hydrogen-bond donors (Lipinski definition) is 0. The third kappa shape index (κ3) is 3.62. The minimum Gasteiger partial charge on any atom is -0.455 e. The van der Waals surface area contributed by atoms with E-state index in [0.29, 0.717) is 0 Å². The topological polar surface area (TPSA) is 43.4 Å². The standard InChI is InChI=1S/C12H16O3Si/c1-16(2,3)12(14)11(13)15-9-10-7-5-4-6-8-10/h4-8H,9H2,1-3H3. The van der Waals surface area contributed by atoms with Gasteiger partial charge in [0, 0.05) is 0 Å². The van der Waals surface area contributed by atoms with Gasteiger partial charge in [0.15, 0.2) is 0 Å². The van der Waals surface area contributed by atoms with Gasteiger partial charge in [-0.05, 0) is 5.56 Å². The number of ether oxygens (including phenoxy) is 1. The van der Waals surface area contributed by atoms with Gasteiger partial charge in [-0.1, -0.05) is 50.0 Å². The Morgan fingerprint density at radius 2 is 1.69 bits per heavy atom. The highest BCUT2D eigenvalue weighted by molar-refractivity contribution is 7.11. The zero-order valence-corrected chi connectivity index (χ0v) is 10.8. The van der Waals surface area contributed by atoms with E-state index in [1.807, 2.05) is 50.0 Å². The maximum Gasteiger partial charge on any atom is 0.369 e. The average molecular weight is 236 g/mol. The predicted molar refractivity (Wildman–Crippen MR) is 64.6 cm³/mol. The summed E-state index contributed by atoms with van der Waals surface area (Å²) in [5.74, 6) is -0.706. The molecule has 0 N–H and O–H groups in total. The largest absolute Gasteiger partial charge is 0.455 e. The molecule has 0 fully saturated rings. The van der Waals surface area contributed by atoms with Crippen LogP contribution in [-0.2, 0) is 20.9 Å². The molecule has 0 aliphatic carbocycles. The number of carbonyl (C=O) groups excluding carboxylic acids is 2. The van der Waals surface area contributed by atoms with E-state index in [4.69, 9.17) is 4.74 Å². The third-order valence-electron chi connectivity index (χ3n) is 2.08. The maximum atomic E-state index is 11.6. The van der Waals surface area contributed by atoms with Gasteiger partial charge < -0.3 is 4.74 Å². The Kier molecular flexibility index (Phi) is 4.01. The van der Waals surface area contributed by atoms with Crippen LogP contribution in [0.2, 0.25) is 19.6 Å². The summed E-state index contributed by atoms with van der Waals surface area (Å²) in [6.07, 6.45) is 0. The van der Waals surface area contributed by atoms with Crippen LogP contribution >= 0.6 is 0 Å². The lowest BCUT2D eigenvalue weighted by molar-refractivity contribution is -0.151. The SMILES string of the molecule is C[Si](C)(C)C(=O)C(=O)OCc1ccccc1. The number of benzene rings is 1. The van der Waals surface area contributed by atoms with Crippen molar-refractivity contribution in [3.8, 4) is 0 Å². The van der Waals surface area contributed by atoms with Crippen molar-refractivity contribution in [2.75, 3.05) is 0 Å². The summed E-state index contributed by atoms with van der Waals surface area (Å²) >= 11 is 0. The van der Waals surface area contributed by atoms with E-state index in [1.165, 1.54) is 0 Å². The molecule has 16 heavy (non-hydrogen) atoms. The lowest BCUT2D eigenvalue weighted by Crippen LogP contribution is -2.40. The second-order valence-electron chi connectivity index (χ2n) is 4.64. The van der Waals surface area contributed by atoms with Crippen molar-refractivity contribution in [3.05, 3.63) is 35.9 Å². The van der Waals surface area contributed by atoms with Gasteiger partial charge in [0.2, 0.25) is 5.41 Å². The van der Waals surface area contributed by atoms with Crippen molar-refractivity contribution in [3.63, 3.8) is 0 Å². The van der Waals surface area contributed by atoms with Crippen molar-refractivity contribution in [1.82, 2.24) is 0 Å². The zero-order valence-electron chi connectivity index (χ0n) is 9.82. The fraction of sp³-hybridized carbons (Fsp3) is 0.333. The Hall–Kier alpha value is -1.42. The van der Waals surface area contributed by atoms with E-state index < -0.39 is 14.0 Å². The van der Waals surface area contributed by atoms with Crippen LogP contribution in [0, 0.1) is 0 Å². The number of hydrogen-bond acceptors (Lipinski definition) is 3. The minimum atomic E-state index is -2.08. The van der Waals surface area contributed by atoms with Crippen molar-refractivity contribution in [2.24, 2.45) is 0 Å².